The molecule has 1 heterocycles. The molecule has 0 atom stereocenters. The highest BCUT2D eigenvalue weighted by Gasteiger charge is 2.03. The Morgan fingerprint density at radius 3 is 2.67 bits per heavy atom. The Hall–Kier alpha value is -1.23. The molecule has 18 heavy (non-hydrogen) atoms. The molecule has 1 aromatic carbocycles. The van der Waals surface area contributed by atoms with E-state index in [2.05, 4.69) is 23.3 Å². The molecule has 2 N–H and O–H groups in total. The van der Waals surface area contributed by atoms with E-state index in [0.717, 1.165) is 29.4 Å². The number of nitrogens with zero attached hydrogens (tertiary/aromatic N) is 1. The summed E-state index contributed by atoms with van der Waals surface area (Å²) >= 11 is 1.74. The molecule has 0 bridgehead atoms. The van der Waals surface area contributed by atoms with Crippen molar-refractivity contribution in [3.05, 3.63) is 51.0 Å². The molecule has 2 rings (SSSR count). The number of aromatic nitrogens is 1. The maximum absolute atomic E-state index is 9.07. The second-order valence-corrected chi connectivity index (χ2v) is 5.62. The topological polar surface area (TPSA) is 45.2 Å². The Balaban J connectivity index is 1.88. The fourth-order valence-corrected chi connectivity index (χ4v) is 2.67. The van der Waals surface area contributed by atoms with Gasteiger partial charge in [-0.2, -0.15) is 0 Å². The summed E-state index contributed by atoms with van der Waals surface area (Å²) in [5.41, 5.74) is 3.26. The van der Waals surface area contributed by atoms with E-state index >= 15 is 0 Å². The van der Waals surface area contributed by atoms with E-state index in [0.29, 0.717) is 0 Å². The van der Waals surface area contributed by atoms with Crippen molar-refractivity contribution in [2.75, 3.05) is 0 Å². The predicted molar refractivity (Wildman–Crippen MR) is 74.5 cm³/mol. The highest BCUT2D eigenvalue weighted by molar-refractivity contribution is 7.11. The molecule has 3 nitrogen and oxygen atoms in total. The lowest BCUT2D eigenvalue weighted by atomic mass is 10.1. The second kappa shape index (κ2) is 6.09. The van der Waals surface area contributed by atoms with Crippen LogP contribution in [-0.4, -0.2) is 10.1 Å². The van der Waals surface area contributed by atoms with Crippen molar-refractivity contribution in [1.29, 1.82) is 0 Å². The molecule has 4 heteroatoms. The molecule has 0 amide bonds. The van der Waals surface area contributed by atoms with Crippen LogP contribution in [0.15, 0.2) is 24.3 Å². The minimum atomic E-state index is 0.0959. The fraction of sp³-hybridized carbons (Fsp3) is 0.357. The van der Waals surface area contributed by atoms with Crippen LogP contribution < -0.4 is 5.32 Å². The minimum absolute atomic E-state index is 0.0959. The quantitative estimate of drug-likeness (QED) is 0.870. The van der Waals surface area contributed by atoms with Crippen LogP contribution >= 0.6 is 11.3 Å². The van der Waals surface area contributed by atoms with Crippen LogP contribution in [0.4, 0.5) is 0 Å². The minimum Gasteiger partial charge on any atom is -0.392 e. The van der Waals surface area contributed by atoms with Gasteiger partial charge in [-0.25, -0.2) is 4.98 Å². The summed E-state index contributed by atoms with van der Waals surface area (Å²) in [5, 5.41) is 13.6. The zero-order chi connectivity index (χ0) is 13.0. The lowest BCUT2D eigenvalue weighted by Gasteiger charge is -2.04. The molecule has 0 saturated carbocycles. The molecule has 0 unspecified atom stereocenters. The van der Waals surface area contributed by atoms with Gasteiger partial charge in [0.05, 0.1) is 12.3 Å². The van der Waals surface area contributed by atoms with E-state index in [1.54, 1.807) is 11.3 Å². The zero-order valence-corrected chi connectivity index (χ0v) is 11.5. The van der Waals surface area contributed by atoms with Gasteiger partial charge in [0.1, 0.15) is 5.01 Å². The van der Waals surface area contributed by atoms with Crippen LogP contribution in [0.5, 0.6) is 0 Å². The molecule has 0 fully saturated rings. The van der Waals surface area contributed by atoms with E-state index in [1.807, 2.05) is 25.1 Å². The number of aryl methyl sites for hydroxylation is 2. The van der Waals surface area contributed by atoms with Crippen LogP contribution in [0.3, 0.4) is 0 Å². The van der Waals surface area contributed by atoms with Gasteiger partial charge >= 0.3 is 0 Å². The number of thiazole rings is 1. The highest BCUT2D eigenvalue weighted by atomic mass is 32.1. The Morgan fingerprint density at radius 1 is 1.22 bits per heavy atom. The van der Waals surface area contributed by atoms with Gasteiger partial charge in [-0.05, 0) is 25.0 Å². The first kappa shape index (κ1) is 13.2. The molecule has 0 spiro atoms. The van der Waals surface area contributed by atoms with Crippen LogP contribution in [0.1, 0.15) is 26.7 Å². The number of hydrogen-bond acceptors (Lipinski definition) is 4. The summed E-state index contributed by atoms with van der Waals surface area (Å²) in [7, 11) is 0. The Kier molecular flexibility index (Phi) is 4.47. The summed E-state index contributed by atoms with van der Waals surface area (Å²) in [6.45, 7) is 5.83. The third-order valence-corrected chi connectivity index (χ3v) is 3.92. The van der Waals surface area contributed by atoms with E-state index in [-0.39, 0.29) is 6.61 Å². The number of nitrogens with one attached hydrogen (secondary N) is 1. The second-order valence-electron chi connectivity index (χ2n) is 4.33. The van der Waals surface area contributed by atoms with Crippen LogP contribution in [-0.2, 0) is 19.7 Å². The number of rotatable bonds is 5. The lowest BCUT2D eigenvalue weighted by Crippen LogP contribution is -2.12. The van der Waals surface area contributed by atoms with Crippen LogP contribution in [0, 0.1) is 13.8 Å². The zero-order valence-electron chi connectivity index (χ0n) is 10.7. The van der Waals surface area contributed by atoms with Gasteiger partial charge in [0.15, 0.2) is 0 Å². The first-order valence-corrected chi connectivity index (χ1v) is 6.83. The summed E-state index contributed by atoms with van der Waals surface area (Å²) in [6, 6.07) is 7.98. The number of aliphatic hydroxyl groups excluding tert-OH is 1. The number of aliphatic hydroxyl groups is 1. The van der Waals surface area contributed by atoms with E-state index in [9.17, 15) is 0 Å². The maximum atomic E-state index is 9.07. The number of benzene rings is 1. The monoisotopic (exact) mass is 262 g/mol. The summed E-state index contributed by atoms with van der Waals surface area (Å²) in [5.74, 6) is 0. The fourth-order valence-electron chi connectivity index (χ4n) is 1.77. The molecule has 96 valence electrons. The summed E-state index contributed by atoms with van der Waals surface area (Å²) in [4.78, 5) is 5.78. The van der Waals surface area contributed by atoms with Crippen LogP contribution in [0.2, 0.25) is 0 Å². The average molecular weight is 262 g/mol. The first-order valence-electron chi connectivity index (χ1n) is 6.01. The molecule has 0 aliphatic carbocycles. The Bertz CT molecular complexity index is 503. The smallest absolute Gasteiger partial charge is 0.107 e. The van der Waals surface area contributed by atoms with Crippen molar-refractivity contribution in [3.63, 3.8) is 0 Å². The SMILES string of the molecule is Cc1nc(CNCc2cccc(CO)c2)sc1C. The molecule has 0 aliphatic rings. The highest BCUT2D eigenvalue weighted by Crippen LogP contribution is 2.16. The van der Waals surface area contributed by atoms with E-state index < -0.39 is 0 Å². The van der Waals surface area contributed by atoms with Gasteiger partial charge in [0.25, 0.3) is 0 Å². The van der Waals surface area contributed by atoms with Gasteiger partial charge in [-0.3, -0.25) is 0 Å². The predicted octanol–water partition coefficient (Wildman–Crippen LogP) is 2.54. The largest absolute Gasteiger partial charge is 0.392 e. The molecule has 0 aliphatic heterocycles. The lowest BCUT2D eigenvalue weighted by molar-refractivity contribution is 0.281. The summed E-state index contributed by atoms with van der Waals surface area (Å²) < 4.78 is 0. The van der Waals surface area contributed by atoms with Gasteiger partial charge in [-0.15, -0.1) is 11.3 Å². The van der Waals surface area contributed by atoms with Gasteiger partial charge in [-0.1, -0.05) is 24.3 Å². The van der Waals surface area contributed by atoms with Crippen molar-refractivity contribution in [2.24, 2.45) is 0 Å². The maximum Gasteiger partial charge on any atom is 0.107 e. The van der Waals surface area contributed by atoms with Gasteiger partial charge < -0.3 is 10.4 Å². The summed E-state index contributed by atoms with van der Waals surface area (Å²) in [6.07, 6.45) is 0. The van der Waals surface area contributed by atoms with Gasteiger partial charge in [0, 0.05) is 18.0 Å². The first-order chi connectivity index (χ1) is 8.69. The molecular formula is C14H18N2OS. The standard InChI is InChI=1S/C14H18N2OS/c1-10-11(2)18-14(16-10)8-15-7-12-4-3-5-13(6-12)9-17/h3-6,15,17H,7-9H2,1-2H3. The molecule has 1 aromatic heterocycles. The van der Waals surface area contributed by atoms with E-state index in [4.69, 9.17) is 5.11 Å². The normalized spacial score (nSPS) is 10.8. The third kappa shape index (κ3) is 3.38. The van der Waals surface area contributed by atoms with Crippen molar-refractivity contribution >= 4 is 11.3 Å². The van der Waals surface area contributed by atoms with Crippen molar-refractivity contribution < 1.29 is 5.11 Å². The Labute approximate surface area is 112 Å². The Morgan fingerprint density at radius 2 is 2.00 bits per heavy atom. The third-order valence-electron chi connectivity index (χ3n) is 2.85. The van der Waals surface area contributed by atoms with Crippen molar-refractivity contribution in [3.8, 4) is 0 Å². The van der Waals surface area contributed by atoms with Crippen molar-refractivity contribution in [2.45, 2.75) is 33.5 Å². The van der Waals surface area contributed by atoms with Crippen molar-refractivity contribution in [1.82, 2.24) is 10.3 Å². The molecule has 2 aromatic rings. The van der Waals surface area contributed by atoms with Gasteiger partial charge in [0.2, 0.25) is 0 Å². The average Bonchev–Trinajstić information content (AvgIpc) is 2.69. The molecular weight excluding hydrogens is 244 g/mol. The number of hydrogen-bond donors (Lipinski definition) is 2. The van der Waals surface area contributed by atoms with Crippen LogP contribution in [0.25, 0.3) is 0 Å². The molecule has 0 saturated heterocycles. The molecule has 0 radical (unpaired) electrons. The van der Waals surface area contributed by atoms with E-state index in [1.165, 1.54) is 10.4 Å².